The van der Waals surface area contributed by atoms with Gasteiger partial charge < -0.3 is 9.47 Å². The highest BCUT2D eigenvalue weighted by atomic mass is 16.5. The predicted molar refractivity (Wildman–Crippen MR) is 93.2 cm³/mol. The van der Waals surface area contributed by atoms with E-state index in [4.69, 9.17) is 9.47 Å². The zero-order valence-electron chi connectivity index (χ0n) is 13.9. The smallest absolute Gasteiger partial charge is 0.333 e. The highest BCUT2D eigenvalue weighted by Gasteiger charge is 2.06. The summed E-state index contributed by atoms with van der Waals surface area (Å²) in [4.78, 5) is 22.9. The van der Waals surface area contributed by atoms with Crippen molar-refractivity contribution in [3.8, 4) is 0 Å². The van der Waals surface area contributed by atoms with Gasteiger partial charge in [0.05, 0.1) is 0 Å². The fraction of sp³-hybridized carbons (Fsp3) is 0.200. The normalized spacial score (nSPS) is 10.2. The molecule has 0 saturated heterocycles. The zero-order valence-corrected chi connectivity index (χ0v) is 13.9. The molecule has 0 saturated carbocycles. The van der Waals surface area contributed by atoms with Crippen molar-refractivity contribution >= 4 is 22.7 Å². The predicted octanol–water partition coefficient (Wildman–Crippen LogP) is 4.08. The maximum absolute atomic E-state index is 11.5. The van der Waals surface area contributed by atoms with Crippen LogP contribution in [-0.2, 0) is 32.3 Å². The second kappa shape index (κ2) is 7.59. The molecule has 0 spiro atoms. The number of carbonyl (C=O) groups excluding carboxylic acids is 2. The maximum atomic E-state index is 11.5. The first-order valence-electron chi connectivity index (χ1n) is 7.53. The van der Waals surface area contributed by atoms with E-state index in [1.165, 1.54) is 0 Å². The average Bonchev–Trinajstić information content (AvgIpc) is 2.56. The van der Waals surface area contributed by atoms with E-state index in [0.29, 0.717) is 11.1 Å². The summed E-state index contributed by atoms with van der Waals surface area (Å²) in [5.41, 5.74) is 2.51. The van der Waals surface area contributed by atoms with Crippen molar-refractivity contribution in [1.29, 1.82) is 0 Å². The van der Waals surface area contributed by atoms with E-state index in [2.05, 4.69) is 13.2 Å². The molecule has 0 radical (unpaired) electrons. The molecule has 124 valence electrons. The highest BCUT2D eigenvalue weighted by molar-refractivity contribution is 5.88. The van der Waals surface area contributed by atoms with Gasteiger partial charge in [-0.1, -0.05) is 37.4 Å². The van der Waals surface area contributed by atoms with Crippen LogP contribution < -0.4 is 0 Å². The molecule has 0 amide bonds. The Bertz CT molecular complexity index is 753. The number of rotatable bonds is 6. The summed E-state index contributed by atoms with van der Waals surface area (Å²) in [5, 5.41) is 2.04. The van der Waals surface area contributed by atoms with Crippen molar-refractivity contribution in [1.82, 2.24) is 0 Å². The van der Waals surface area contributed by atoms with Gasteiger partial charge >= 0.3 is 11.9 Å². The second-order valence-corrected chi connectivity index (χ2v) is 5.73. The van der Waals surface area contributed by atoms with Crippen molar-refractivity contribution in [2.75, 3.05) is 0 Å². The number of carbonyl (C=O) groups is 2. The average molecular weight is 324 g/mol. The summed E-state index contributed by atoms with van der Waals surface area (Å²) in [6.45, 7) is 10.7. The van der Waals surface area contributed by atoms with Crippen LogP contribution in [0.5, 0.6) is 0 Å². The van der Waals surface area contributed by atoms with E-state index < -0.39 is 11.9 Å². The fourth-order valence-electron chi connectivity index (χ4n) is 2.07. The first kappa shape index (κ1) is 17.5. The SMILES string of the molecule is C=C(C)C(=O)OCc1ccc2ccc(COC(=O)C(=C)C)cc2c1. The summed E-state index contributed by atoms with van der Waals surface area (Å²) in [6, 6.07) is 11.6. The molecule has 2 aromatic rings. The van der Waals surface area contributed by atoms with Crippen LogP contribution in [0.15, 0.2) is 60.7 Å². The summed E-state index contributed by atoms with van der Waals surface area (Å²) in [5.74, 6) is -0.814. The standard InChI is InChI=1S/C20H20O4/c1-13(2)19(21)23-11-15-5-7-17-8-6-16(10-18(17)9-15)12-24-20(22)14(3)4/h5-10H,1,3,11-12H2,2,4H3. The quantitative estimate of drug-likeness (QED) is 0.593. The third kappa shape index (κ3) is 4.56. The molecule has 0 aliphatic rings. The minimum absolute atomic E-state index is 0.191. The topological polar surface area (TPSA) is 52.6 Å². The van der Waals surface area contributed by atoms with Gasteiger partial charge in [-0.15, -0.1) is 0 Å². The lowest BCUT2D eigenvalue weighted by Crippen LogP contribution is -2.05. The van der Waals surface area contributed by atoms with Crippen LogP contribution in [0.1, 0.15) is 25.0 Å². The first-order chi connectivity index (χ1) is 11.4. The van der Waals surface area contributed by atoms with Gasteiger partial charge in [0.25, 0.3) is 0 Å². The summed E-state index contributed by atoms with van der Waals surface area (Å²) in [6.07, 6.45) is 0. The fourth-order valence-corrected chi connectivity index (χ4v) is 2.07. The minimum Gasteiger partial charge on any atom is -0.457 e. The molecule has 2 aromatic carbocycles. The molecule has 2 rings (SSSR count). The molecule has 24 heavy (non-hydrogen) atoms. The number of benzene rings is 2. The van der Waals surface area contributed by atoms with Gasteiger partial charge in [-0.25, -0.2) is 9.59 Å². The Morgan fingerprint density at radius 2 is 1.21 bits per heavy atom. The van der Waals surface area contributed by atoms with Gasteiger partial charge in [0.15, 0.2) is 0 Å². The Labute approximate surface area is 141 Å². The van der Waals surface area contributed by atoms with E-state index >= 15 is 0 Å². The minimum atomic E-state index is -0.407. The molecule has 0 atom stereocenters. The molecule has 0 heterocycles. The van der Waals surface area contributed by atoms with Gasteiger partial charge in [-0.3, -0.25) is 0 Å². The van der Waals surface area contributed by atoms with Gasteiger partial charge in [-0.05, 0) is 47.9 Å². The van der Waals surface area contributed by atoms with Crippen molar-refractivity contribution in [3.63, 3.8) is 0 Å². The number of fused-ring (bicyclic) bond motifs is 1. The zero-order chi connectivity index (χ0) is 17.7. The first-order valence-corrected chi connectivity index (χ1v) is 7.53. The van der Waals surface area contributed by atoms with E-state index in [1.807, 2.05) is 36.4 Å². The van der Waals surface area contributed by atoms with Crippen LogP contribution in [0.3, 0.4) is 0 Å². The van der Waals surface area contributed by atoms with Gasteiger partial charge in [0, 0.05) is 11.1 Å². The molecule has 0 N–H and O–H groups in total. The number of hydrogen-bond acceptors (Lipinski definition) is 4. The lowest BCUT2D eigenvalue weighted by molar-refractivity contribution is -0.141. The van der Waals surface area contributed by atoms with Gasteiger partial charge in [0.2, 0.25) is 0 Å². The Morgan fingerprint density at radius 1 is 0.792 bits per heavy atom. The molecule has 4 nitrogen and oxygen atoms in total. The van der Waals surface area contributed by atoms with Crippen LogP contribution in [-0.4, -0.2) is 11.9 Å². The molecule has 0 fully saturated rings. The van der Waals surface area contributed by atoms with Gasteiger partial charge in [0.1, 0.15) is 13.2 Å². The number of ether oxygens (including phenoxy) is 2. The van der Waals surface area contributed by atoms with E-state index in [-0.39, 0.29) is 13.2 Å². The maximum Gasteiger partial charge on any atom is 0.333 e. The number of esters is 2. The lowest BCUT2D eigenvalue weighted by atomic mass is 10.0. The third-order valence-electron chi connectivity index (χ3n) is 3.41. The molecular formula is C20H20O4. The van der Waals surface area contributed by atoms with E-state index in [9.17, 15) is 9.59 Å². The van der Waals surface area contributed by atoms with Crippen molar-refractivity contribution < 1.29 is 19.1 Å². The Kier molecular flexibility index (Phi) is 5.53. The van der Waals surface area contributed by atoms with Crippen molar-refractivity contribution in [3.05, 3.63) is 71.8 Å². The molecule has 0 unspecified atom stereocenters. The van der Waals surface area contributed by atoms with Crippen molar-refractivity contribution in [2.45, 2.75) is 27.1 Å². The molecular weight excluding hydrogens is 304 g/mol. The molecule has 0 aromatic heterocycles. The van der Waals surface area contributed by atoms with Crippen molar-refractivity contribution in [2.24, 2.45) is 0 Å². The number of hydrogen-bond donors (Lipinski definition) is 0. The summed E-state index contributed by atoms with van der Waals surface area (Å²) >= 11 is 0. The van der Waals surface area contributed by atoms with Crippen LogP contribution in [0, 0.1) is 0 Å². The largest absolute Gasteiger partial charge is 0.457 e. The molecule has 0 aliphatic carbocycles. The Balaban J connectivity index is 2.12. The molecule has 0 bridgehead atoms. The monoisotopic (exact) mass is 324 g/mol. The van der Waals surface area contributed by atoms with E-state index in [0.717, 1.165) is 21.9 Å². The van der Waals surface area contributed by atoms with Crippen LogP contribution in [0.4, 0.5) is 0 Å². The Hall–Kier alpha value is -2.88. The van der Waals surface area contributed by atoms with Gasteiger partial charge in [-0.2, -0.15) is 0 Å². The lowest BCUT2D eigenvalue weighted by Gasteiger charge is -2.08. The summed E-state index contributed by atoms with van der Waals surface area (Å²) in [7, 11) is 0. The summed E-state index contributed by atoms with van der Waals surface area (Å²) < 4.78 is 10.3. The molecule has 0 aliphatic heterocycles. The van der Waals surface area contributed by atoms with Crippen LogP contribution in [0.2, 0.25) is 0 Å². The third-order valence-corrected chi connectivity index (χ3v) is 3.41. The van der Waals surface area contributed by atoms with E-state index in [1.54, 1.807) is 13.8 Å². The van der Waals surface area contributed by atoms with Crippen LogP contribution in [0.25, 0.3) is 10.8 Å². The van der Waals surface area contributed by atoms with Crippen LogP contribution >= 0.6 is 0 Å². The highest BCUT2D eigenvalue weighted by Crippen LogP contribution is 2.19. The Morgan fingerprint density at radius 3 is 1.58 bits per heavy atom. The second-order valence-electron chi connectivity index (χ2n) is 5.73. The molecule has 4 heteroatoms.